The lowest BCUT2D eigenvalue weighted by molar-refractivity contribution is 0.669. The standard InChI is InChI=1S/C47H28N4O.C2H6/c1-2-13-31(14-3-1)45-48-46(34-22-21-29-11-4-5-15-32(29)27-34)50-47(49-45)51-40-20-9-8-17-37(40)38-19-10-18-36(44(38)51)33-23-25-39-42(28-33)52-41-26-24-30-12-6-7-16-35(30)43(39)41;1-2/h1-28H;1-2H3. The molecule has 54 heavy (non-hydrogen) atoms. The Kier molecular flexibility index (Phi) is 7.51. The fraction of sp³-hybridized carbons (Fsp3) is 0.0408. The number of hydrogen-bond acceptors (Lipinski definition) is 4. The summed E-state index contributed by atoms with van der Waals surface area (Å²) in [7, 11) is 0. The highest BCUT2D eigenvalue weighted by atomic mass is 16.3. The van der Waals surface area contributed by atoms with Gasteiger partial charge >= 0.3 is 0 Å². The predicted molar refractivity (Wildman–Crippen MR) is 224 cm³/mol. The first-order valence-electron chi connectivity index (χ1n) is 18.4. The normalized spacial score (nSPS) is 11.5. The number of nitrogens with zero attached hydrogens (tertiary/aromatic N) is 4. The molecule has 3 aromatic heterocycles. The van der Waals surface area contributed by atoms with E-state index in [9.17, 15) is 0 Å². The van der Waals surface area contributed by atoms with Gasteiger partial charge in [0.2, 0.25) is 5.95 Å². The van der Waals surface area contributed by atoms with E-state index in [4.69, 9.17) is 19.4 Å². The first kappa shape index (κ1) is 31.6. The molecule has 5 heteroatoms. The van der Waals surface area contributed by atoms with Gasteiger partial charge in [-0.05, 0) is 57.4 Å². The van der Waals surface area contributed by atoms with Gasteiger partial charge in [-0.25, -0.2) is 4.98 Å². The summed E-state index contributed by atoms with van der Waals surface area (Å²) in [4.78, 5) is 15.5. The number of aromatic nitrogens is 4. The second-order valence-electron chi connectivity index (χ2n) is 13.2. The summed E-state index contributed by atoms with van der Waals surface area (Å²) in [5.41, 5.74) is 7.77. The number of hydrogen-bond donors (Lipinski definition) is 0. The van der Waals surface area contributed by atoms with Crippen LogP contribution >= 0.6 is 0 Å². The molecule has 0 aliphatic rings. The lowest BCUT2D eigenvalue weighted by Gasteiger charge is -2.13. The largest absolute Gasteiger partial charge is 0.456 e. The van der Waals surface area contributed by atoms with Crippen LogP contribution < -0.4 is 0 Å². The van der Waals surface area contributed by atoms with E-state index < -0.39 is 0 Å². The fourth-order valence-electron chi connectivity index (χ4n) is 7.81. The summed E-state index contributed by atoms with van der Waals surface area (Å²) in [6.07, 6.45) is 0. The van der Waals surface area contributed by atoms with Crippen LogP contribution in [0, 0.1) is 0 Å². The van der Waals surface area contributed by atoms with E-state index in [1.807, 2.05) is 44.2 Å². The average molecular weight is 695 g/mol. The van der Waals surface area contributed by atoms with Crippen LogP contribution in [0.15, 0.2) is 174 Å². The van der Waals surface area contributed by atoms with Crippen molar-refractivity contribution < 1.29 is 4.42 Å². The van der Waals surface area contributed by atoms with Crippen LogP contribution in [0.2, 0.25) is 0 Å². The lowest BCUT2D eigenvalue weighted by Crippen LogP contribution is -2.07. The monoisotopic (exact) mass is 694 g/mol. The molecule has 5 nitrogen and oxygen atoms in total. The molecule has 11 rings (SSSR count). The molecular weight excluding hydrogens is 661 g/mol. The van der Waals surface area contributed by atoms with Crippen molar-refractivity contribution in [2.45, 2.75) is 13.8 Å². The van der Waals surface area contributed by atoms with Crippen LogP contribution in [0.5, 0.6) is 0 Å². The van der Waals surface area contributed by atoms with Gasteiger partial charge in [-0.15, -0.1) is 0 Å². The Hall–Kier alpha value is -7.11. The summed E-state index contributed by atoms with van der Waals surface area (Å²) in [5.74, 6) is 1.80. The predicted octanol–water partition coefficient (Wildman–Crippen LogP) is 13.2. The second-order valence-corrected chi connectivity index (χ2v) is 13.2. The molecule has 0 unspecified atom stereocenters. The van der Waals surface area contributed by atoms with Crippen LogP contribution in [-0.2, 0) is 0 Å². The van der Waals surface area contributed by atoms with Gasteiger partial charge in [-0.3, -0.25) is 4.57 Å². The zero-order chi connectivity index (χ0) is 36.2. The Morgan fingerprint density at radius 2 is 1.09 bits per heavy atom. The fourth-order valence-corrected chi connectivity index (χ4v) is 7.81. The Morgan fingerprint density at radius 1 is 0.426 bits per heavy atom. The quantitative estimate of drug-likeness (QED) is 0.184. The van der Waals surface area contributed by atoms with Crippen molar-refractivity contribution in [2.24, 2.45) is 0 Å². The maximum atomic E-state index is 6.53. The number of furan rings is 1. The van der Waals surface area contributed by atoms with Crippen LogP contribution in [0.4, 0.5) is 0 Å². The number of fused-ring (bicyclic) bond motifs is 9. The highest BCUT2D eigenvalue weighted by Gasteiger charge is 2.21. The summed E-state index contributed by atoms with van der Waals surface area (Å²) in [6, 6.07) is 59.2. The minimum Gasteiger partial charge on any atom is -0.456 e. The van der Waals surface area contributed by atoms with Gasteiger partial charge in [0.05, 0.1) is 11.0 Å². The van der Waals surface area contributed by atoms with E-state index in [0.29, 0.717) is 17.6 Å². The SMILES string of the molecule is CC.c1ccc(-c2nc(-c3ccc4ccccc4c3)nc(-n3c4ccccc4c4cccc(-c5ccc6c(c5)oc5ccc7ccccc7c56)c43)n2)cc1. The molecule has 8 aromatic carbocycles. The minimum atomic E-state index is 0.562. The van der Waals surface area contributed by atoms with Crippen LogP contribution in [-0.4, -0.2) is 19.5 Å². The van der Waals surface area contributed by atoms with Crippen molar-refractivity contribution in [2.75, 3.05) is 0 Å². The van der Waals surface area contributed by atoms with Gasteiger partial charge < -0.3 is 4.42 Å². The molecule has 0 aliphatic heterocycles. The Morgan fingerprint density at radius 3 is 1.94 bits per heavy atom. The Labute approximate surface area is 311 Å². The van der Waals surface area contributed by atoms with Crippen molar-refractivity contribution in [3.05, 3.63) is 170 Å². The molecule has 256 valence electrons. The smallest absolute Gasteiger partial charge is 0.238 e. The van der Waals surface area contributed by atoms with Crippen molar-refractivity contribution in [1.29, 1.82) is 0 Å². The molecule has 0 saturated heterocycles. The third-order valence-corrected chi connectivity index (χ3v) is 10.2. The van der Waals surface area contributed by atoms with Crippen molar-refractivity contribution in [3.63, 3.8) is 0 Å². The molecular formula is C49H34N4O. The maximum Gasteiger partial charge on any atom is 0.238 e. The summed E-state index contributed by atoms with van der Waals surface area (Å²) in [6.45, 7) is 4.00. The zero-order valence-corrected chi connectivity index (χ0v) is 29.9. The molecule has 3 heterocycles. The molecule has 0 amide bonds. The molecule has 0 bridgehead atoms. The second kappa shape index (κ2) is 12.8. The molecule has 0 atom stereocenters. The van der Waals surface area contributed by atoms with E-state index in [1.54, 1.807) is 0 Å². The average Bonchev–Trinajstić information content (AvgIpc) is 3.80. The van der Waals surface area contributed by atoms with E-state index >= 15 is 0 Å². The number of rotatable bonds is 4. The lowest BCUT2D eigenvalue weighted by atomic mass is 9.99. The Bertz CT molecular complexity index is 3190. The first-order chi connectivity index (χ1) is 26.8. The first-order valence-corrected chi connectivity index (χ1v) is 18.4. The molecule has 0 radical (unpaired) electrons. The van der Waals surface area contributed by atoms with Crippen LogP contribution in [0.1, 0.15) is 13.8 Å². The van der Waals surface area contributed by atoms with E-state index in [1.165, 1.54) is 16.2 Å². The van der Waals surface area contributed by atoms with E-state index in [-0.39, 0.29) is 0 Å². The molecule has 11 aromatic rings. The van der Waals surface area contributed by atoms with E-state index in [0.717, 1.165) is 71.4 Å². The van der Waals surface area contributed by atoms with Gasteiger partial charge in [0.1, 0.15) is 11.2 Å². The highest BCUT2D eigenvalue weighted by Crippen LogP contribution is 2.41. The van der Waals surface area contributed by atoms with Gasteiger partial charge in [-0.2, -0.15) is 9.97 Å². The topological polar surface area (TPSA) is 56.7 Å². The zero-order valence-electron chi connectivity index (χ0n) is 29.9. The third-order valence-electron chi connectivity index (χ3n) is 10.2. The molecule has 0 saturated carbocycles. The molecule has 0 spiro atoms. The third kappa shape index (κ3) is 5.05. The van der Waals surface area contributed by atoms with Crippen LogP contribution in [0.3, 0.4) is 0 Å². The van der Waals surface area contributed by atoms with Crippen LogP contribution in [0.25, 0.3) is 105 Å². The minimum absolute atomic E-state index is 0.562. The molecule has 0 aliphatic carbocycles. The summed E-state index contributed by atoms with van der Waals surface area (Å²) < 4.78 is 8.73. The van der Waals surface area contributed by atoms with Gasteiger partial charge in [0.25, 0.3) is 0 Å². The number of para-hydroxylation sites is 2. The Balaban J connectivity index is 0.00000178. The summed E-state index contributed by atoms with van der Waals surface area (Å²) >= 11 is 0. The van der Waals surface area contributed by atoms with Gasteiger partial charge in [0.15, 0.2) is 11.6 Å². The number of benzene rings is 8. The van der Waals surface area contributed by atoms with E-state index in [2.05, 4.69) is 144 Å². The van der Waals surface area contributed by atoms with Gasteiger partial charge in [0, 0.05) is 38.2 Å². The summed E-state index contributed by atoms with van der Waals surface area (Å²) in [5, 5.41) is 9.20. The molecule has 0 fully saturated rings. The van der Waals surface area contributed by atoms with Crippen molar-refractivity contribution in [1.82, 2.24) is 19.5 Å². The van der Waals surface area contributed by atoms with Crippen molar-refractivity contribution in [3.8, 4) is 39.9 Å². The van der Waals surface area contributed by atoms with Crippen molar-refractivity contribution >= 4 is 65.3 Å². The van der Waals surface area contributed by atoms with Gasteiger partial charge in [-0.1, -0.05) is 153 Å². The maximum absolute atomic E-state index is 6.53. The highest BCUT2D eigenvalue weighted by molar-refractivity contribution is 6.20. The molecule has 0 N–H and O–H groups in total.